The molecule has 11 nitrogen and oxygen atoms in total. The summed E-state index contributed by atoms with van der Waals surface area (Å²) in [7, 11) is 0. The number of primary amides is 1. The number of aliphatic hydroxyl groups is 2. The Kier molecular flexibility index (Phi) is 9.30. The Morgan fingerprint density at radius 1 is 1.30 bits per heavy atom. The van der Waals surface area contributed by atoms with Gasteiger partial charge < -0.3 is 35.6 Å². The lowest BCUT2D eigenvalue weighted by atomic mass is 10.0. The zero-order valence-corrected chi connectivity index (χ0v) is 17.0. The van der Waals surface area contributed by atoms with Crippen LogP contribution in [0.15, 0.2) is 24.5 Å². The zero-order valence-electron chi connectivity index (χ0n) is 17.0. The number of hydrogen-bond acceptors (Lipinski definition) is 9. The van der Waals surface area contributed by atoms with Crippen molar-refractivity contribution in [2.75, 3.05) is 6.61 Å². The van der Waals surface area contributed by atoms with Crippen LogP contribution in [0.4, 0.5) is 0 Å². The fourth-order valence-corrected chi connectivity index (χ4v) is 2.95. The van der Waals surface area contributed by atoms with Crippen LogP contribution in [0.1, 0.15) is 43.8 Å². The van der Waals surface area contributed by atoms with E-state index in [2.05, 4.69) is 0 Å². The second kappa shape index (κ2) is 11.0. The Bertz CT molecular complexity index is 757. The van der Waals surface area contributed by atoms with Crippen molar-refractivity contribution in [3.63, 3.8) is 0 Å². The van der Waals surface area contributed by atoms with E-state index in [0.29, 0.717) is 6.42 Å². The molecule has 1 aromatic rings. The van der Waals surface area contributed by atoms with Gasteiger partial charge in [0, 0.05) is 18.9 Å². The maximum Gasteiger partial charge on any atom is 0.347 e. The van der Waals surface area contributed by atoms with Crippen LogP contribution < -0.4 is 10.3 Å². The van der Waals surface area contributed by atoms with Crippen molar-refractivity contribution >= 4 is 17.8 Å². The van der Waals surface area contributed by atoms with E-state index in [9.17, 15) is 24.6 Å². The van der Waals surface area contributed by atoms with Gasteiger partial charge in [0.15, 0.2) is 18.5 Å². The Balaban J connectivity index is 0.00000450. The van der Waals surface area contributed by atoms with Gasteiger partial charge in [0.25, 0.3) is 12.1 Å². The molecule has 168 valence electrons. The van der Waals surface area contributed by atoms with Crippen LogP contribution in [-0.4, -0.2) is 64.6 Å². The number of esters is 2. The summed E-state index contributed by atoms with van der Waals surface area (Å²) in [6, 6.07) is 3.05. The van der Waals surface area contributed by atoms with E-state index in [1.165, 1.54) is 23.8 Å². The van der Waals surface area contributed by atoms with Gasteiger partial charge >= 0.3 is 11.9 Å². The molecule has 0 aromatic carbocycles. The maximum absolute atomic E-state index is 12.3. The first-order chi connectivity index (χ1) is 13.6. The van der Waals surface area contributed by atoms with Crippen molar-refractivity contribution in [2.45, 2.75) is 57.8 Å². The van der Waals surface area contributed by atoms with Crippen LogP contribution in [0.5, 0.6) is 0 Å². The molecule has 1 aromatic heterocycles. The van der Waals surface area contributed by atoms with Crippen molar-refractivity contribution in [1.29, 1.82) is 0 Å². The molecule has 2 rings (SSSR count). The number of amides is 1. The van der Waals surface area contributed by atoms with Crippen LogP contribution in [0, 0.1) is 5.92 Å². The van der Waals surface area contributed by atoms with E-state index >= 15 is 0 Å². The number of pyridine rings is 1. The number of nitrogens with two attached hydrogens (primary N) is 1. The molecule has 1 amide bonds. The molecule has 1 aliphatic heterocycles. The number of rotatable bonds is 8. The minimum Gasteiger partial charge on any atom is -0.870 e. The monoisotopic (exact) mass is 428 g/mol. The largest absolute Gasteiger partial charge is 0.870 e. The molecule has 1 fully saturated rings. The quantitative estimate of drug-likeness (QED) is 0.347. The van der Waals surface area contributed by atoms with Gasteiger partial charge in [0.05, 0.1) is 0 Å². The van der Waals surface area contributed by atoms with Crippen LogP contribution in [0.2, 0.25) is 0 Å². The summed E-state index contributed by atoms with van der Waals surface area (Å²) in [5.74, 6) is -2.28. The molecule has 30 heavy (non-hydrogen) atoms. The van der Waals surface area contributed by atoms with E-state index in [1.807, 2.05) is 6.92 Å². The van der Waals surface area contributed by atoms with E-state index in [1.54, 1.807) is 19.2 Å². The predicted molar refractivity (Wildman–Crippen MR) is 99.0 cm³/mol. The van der Waals surface area contributed by atoms with Crippen molar-refractivity contribution in [1.82, 2.24) is 0 Å². The third kappa shape index (κ3) is 5.95. The van der Waals surface area contributed by atoms with Crippen molar-refractivity contribution in [3.05, 3.63) is 30.1 Å². The van der Waals surface area contributed by atoms with Gasteiger partial charge in [-0.3, -0.25) is 9.59 Å². The Morgan fingerprint density at radius 2 is 1.97 bits per heavy atom. The van der Waals surface area contributed by atoms with Crippen molar-refractivity contribution in [2.24, 2.45) is 11.7 Å². The summed E-state index contributed by atoms with van der Waals surface area (Å²) in [6.07, 6.45) is -2.25. The van der Waals surface area contributed by atoms with Gasteiger partial charge in [-0.2, -0.15) is 4.57 Å². The average molecular weight is 428 g/mol. The second-order valence-electron chi connectivity index (χ2n) is 7.00. The Morgan fingerprint density at radius 3 is 2.53 bits per heavy atom. The highest BCUT2D eigenvalue weighted by atomic mass is 16.6. The van der Waals surface area contributed by atoms with Gasteiger partial charge in [-0.25, -0.2) is 4.79 Å². The SMILES string of the molecule is CCC(C)C(OC(C)=O)C(=O)OC[C@H]1O[C@@H]([n+]2cccc(C(N)=O)c2)[C@H](O)[C@@H]1O.[OH-]. The van der Waals surface area contributed by atoms with Crippen LogP contribution in [0.3, 0.4) is 0 Å². The zero-order chi connectivity index (χ0) is 21.7. The maximum atomic E-state index is 12.3. The first-order valence-electron chi connectivity index (χ1n) is 9.31. The molecule has 0 saturated carbocycles. The molecular formula is C19H28N2O9. The van der Waals surface area contributed by atoms with Crippen LogP contribution >= 0.6 is 0 Å². The van der Waals surface area contributed by atoms with Crippen LogP contribution in [0.25, 0.3) is 0 Å². The highest BCUT2D eigenvalue weighted by Crippen LogP contribution is 2.26. The number of aliphatic hydroxyl groups excluding tert-OH is 2. The number of hydrogen-bond donors (Lipinski definition) is 3. The summed E-state index contributed by atoms with van der Waals surface area (Å²) in [5, 5.41) is 20.6. The lowest BCUT2D eigenvalue weighted by molar-refractivity contribution is -0.765. The predicted octanol–water partition coefficient (Wildman–Crippen LogP) is -0.964. The molecule has 6 atom stereocenters. The van der Waals surface area contributed by atoms with E-state index in [-0.39, 0.29) is 23.6 Å². The number of ether oxygens (including phenoxy) is 3. The number of nitrogens with zero attached hydrogens (tertiary/aromatic N) is 1. The smallest absolute Gasteiger partial charge is 0.347 e. The lowest BCUT2D eigenvalue weighted by Crippen LogP contribution is -2.46. The molecule has 0 bridgehead atoms. The standard InChI is InChI=1S/C19H26N2O8.H2O/c1-4-10(2)16(28-11(3)22)19(26)27-9-13-14(23)15(24)18(29-13)21-7-5-6-12(8-21)17(20)25;/h5-8,10,13-16,18,23-24H,4,9H2,1-3H3,(H-,20,25);1H2/t10?,13-,14-,15-,16?,18-;/m1./s1. The van der Waals surface area contributed by atoms with E-state index < -0.39 is 48.5 Å². The highest BCUT2D eigenvalue weighted by Gasteiger charge is 2.49. The molecular weight excluding hydrogens is 400 g/mol. The molecule has 0 aliphatic carbocycles. The molecule has 11 heteroatoms. The molecule has 0 radical (unpaired) electrons. The van der Waals surface area contributed by atoms with Gasteiger partial charge in [-0.1, -0.05) is 13.8 Å². The first-order valence-corrected chi connectivity index (χ1v) is 9.31. The molecule has 2 heterocycles. The molecule has 1 saturated heterocycles. The number of aromatic nitrogens is 1. The number of carbonyl (C=O) groups is 3. The summed E-state index contributed by atoms with van der Waals surface area (Å²) < 4.78 is 17.3. The third-order valence-corrected chi connectivity index (χ3v) is 4.81. The van der Waals surface area contributed by atoms with Gasteiger partial charge in [0.1, 0.15) is 24.4 Å². The number of carbonyl (C=O) groups excluding carboxylic acids is 3. The minimum atomic E-state index is -1.34. The van der Waals surface area contributed by atoms with E-state index in [4.69, 9.17) is 19.9 Å². The van der Waals surface area contributed by atoms with Crippen molar-refractivity contribution < 1.29 is 48.9 Å². The summed E-state index contributed by atoms with van der Waals surface area (Å²) in [5.41, 5.74) is 5.45. The molecule has 0 spiro atoms. The molecule has 1 aliphatic rings. The third-order valence-electron chi connectivity index (χ3n) is 4.81. The first kappa shape index (κ1) is 25.4. The Labute approximate surface area is 173 Å². The van der Waals surface area contributed by atoms with Crippen LogP contribution in [-0.2, 0) is 23.8 Å². The second-order valence-corrected chi connectivity index (χ2v) is 7.00. The molecule has 2 unspecified atom stereocenters. The highest BCUT2D eigenvalue weighted by molar-refractivity contribution is 5.92. The Hall–Kier alpha value is -2.60. The average Bonchev–Trinajstić information content (AvgIpc) is 2.98. The summed E-state index contributed by atoms with van der Waals surface area (Å²) >= 11 is 0. The topological polar surface area (TPSA) is 179 Å². The van der Waals surface area contributed by atoms with E-state index in [0.717, 1.165) is 0 Å². The fraction of sp³-hybridized carbons (Fsp3) is 0.579. The molecule has 5 N–H and O–H groups in total. The normalized spacial score (nSPS) is 25.0. The summed E-state index contributed by atoms with van der Waals surface area (Å²) in [6.45, 7) is 4.44. The van der Waals surface area contributed by atoms with Gasteiger partial charge in [-0.05, 0) is 12.5 Å². The fourth-order valence-electron chi connectivity index (χ4n) is 2.95. The summed E-state index contributed by atoms with van der Waals surface area (Å²) in [4.78, 5) is 34.9. The van der Waals surface area contributed by atoms with Gasteiger partial charge in [-0.15, -0.1) is 0 Å². The lowest BCUT2D eigenvalue weighted by Gasteiger charge is -2.22. The van der Waals surface area contributed by atoms with Gasteiger partial charge in [0.2, 0.25) is 6.10 Å². The minimum absolute atomic E-state index is 0. The van der Waals surface area contributed by atoms with Crippen molar-refractivity contribution in [3.8, 4) is 0 Å².